The van der Waals surface area contributed by atoms with Crippen molar-refractivity contribution in [1.82, 2.24) is 0 Å². The fourth-order valence-corrected chi connectivity index (χ4v) is 4.33. The molecule has 3 aromatic rings. The van der Waals surface area contributed by atoms with Crippen molar-refractivity contribution in [3.63, 3.8) is 0 Å². The van der Waals surface area contributed by atoms with Crippen LogP contribution in [0.3, 0.4) is 0 Å². The van der Waals surface area contributed by atoms with Crippen LogP contribution >= 0.6 is 56.9 Å². The highest BCUT2D eigenvalue weighted by Crippen LogP contribution is 2.33. The Hall–Kier alpha value is -0.620. The van der Waals surface area contributed by atoms with Crippen LogP contribution in [0.2, 0.25) is 0 Å². The number of benzene rings is 3. The summed E-state index contributed by atoms with van der Waals surface area (Å²) in [5.41, 5.74) is 6.20. The van der Waals surface area contributed by atoms with E-state index in [1.165, 1.54) is 42.4 Å². The van der Waals surface area contributed by atoms with Gasteiger partial charge in [0.15, 0.2) is 0 Å². The minimum Gasteiger partial charge on any atom is -0.143 e. The monoisotopic (exact) mass is 468 g/mol. The zero-order chi connectivity index (χ0) is 16.4. The van der Waals surface area contributed by atoms with Gasteiger partial charge in [-0.25, -0.2) is 0 Å². The zero-order valence-electron chi connectivity index (χ0n) is 12.4. The maximum atomic E-state index is 5.83. The Kier molecular flexibility index (Phi) is 5.62. The van der Waals surface area contributed by atoms with Gasteiger partial charge in [0, 0.05) is 13.4 Å². The lowest BCUT2D eigenvalue weighted by atomic mass is 9.96. The fourth-order valence-electron chi connectivity index (χ4n) is 2.57. The number of hydrogen-bond acceptors (Lipinski definition) is 2. The van der Waals surface area contributed by atoms with E-state index >= 15 is 0 Å². The van der Waals surface area contributed by atoms with E-state index in [9.17, 15) is 0 Å². The molecule has 0 atom stereocenters. The van der Waals surface area contributed by atoms with Gasteiger partial charge in [-0.2, -0.15) is 0 Å². The predicted molar refractivity (Wildman–Crippen MR) is 114 cm³/mol. The lowest BCUT2D eigenvalue weighted by Gasteiger charge is -2.11. The first-order valence-electron chi connectivity index (χ1n) is 7.07. The zero-order valence-corrected chi connectivity index (χ0v) is 17.0. The minimum atomic E-state index is 0.981. The summed E-state index contributed by atoms with van der Waals surface area (Å²) in [6.07, 6.45) is 0. The highest BCUT2D eigenvalue weighted by Gasteiger charge is 2.08. The van der Waals surface area contributed by atoms with E-state index in [1.807, 2.05) is 12.1 Å². The first-order chi connectivity index (χ1) is 11.1. The quantitative estimate of drug-likeness (QED) is 0.307. The van der Waals surface area contributed by atoms with Crippen LogP contribution in [0.1, 0.15) is 5.56 Å². The van der Waals surface area contributed by atoms with Gasteiger partial charge in [-0.1, -0.05) is 36.4 Å². The Labute approximate surface area is 164 Å². The normalized spacial score (nSPS) is 10.8. The largest absolute Gasteiger partial charge is 0.143 e. The highest BCUT2D eigenvalue weighted by molar-refractivity contribution is 14.1. The Morgan fingerprint density at radius 3 is 2.13 bits per heavy atom. The van der Waals surface area contributed by atoms with E-state index in [1.54, 1.807) is 0 Å². The summed E-state index contributed by atoms with van der Waals surface area (Å²) in [5, 5.41) is 0. The molecule has 0 aliphatic rings. The van der Waals surface area contributed by atoms with Gasteiger partial charge < -0.3 is 0 Å². The van der Waals surface area contributed by atoms with Crippen molar-refractivity contribution in [1.29, 1.82) is 0 Å². The van der Waals surface area contributed by atoms with E-state index < -0.39 is 0 Å². The first-order valence-corrected chi connectivity index (χ1v) is 10.2. The van der Waals surface area contributed by atoms with Gasteiger partial charge >= 0.3 is 0 Å². The molecule has 0 unspecified atom stereocenters. The van der Waals surface area contributed by atoms with Crippen molar-refractivity contribution in [2.45, 2.75) is 16.7 Å². The Balaban J connectivity index is 2.00. The van der Waals surface area contributed by atoms with E-state index in [2.05, 4.69) is 90.7 Å². The molecule has 3 aromatic carbocycles. The molecule has 0 bridgehead atoms. The molecule has 23 heavy (non-hydrogen) atoms. The van der Waals surface area contributed by atoms with E-state index in [0.29, 0.717) is 0 Å². The Bertz CT molecular complexity index is 844. The lowest BCUT2D eigenvalue weighted by Crippen LogP contribution is -1.88. The molecule has 116 valence electrons. The molecule has 0 heterocycles. The van der Waals surface area contributed by atoms with Crippen molar-refractivity contribution in [2.24, 2.45) is 0 Å². The van der Waals surface area contributed by atoms with Crippen molar-refractivity contribution < 1.29 is 0 Å². The smallest absolute Gasteiger partial charge is 0.0244 e. The molecule has 0 saturated carbocycles. The molecule has 0 radical (unpaired) electrons. The number of halogens is 2. The van der Waals surface area contributed by atoms with Gasteiger partial charge in [0.05, 0.1) is 0 Å². The summed E-state index contributed by atoms with van der Waals surface area (Å²) in [5.74, 6) is 0. The molecule has 0 fully saturated rings. The summed E-state index contributed by atoms with van der Waals surface area (Å²) in [6.45, 7) is 2.16. The van der Waals surface area contributed by atoms with Gasteiger partial charge in [-0.05, 0) is 103 Å². The van der Waals surface area contributed by atoms with Crippen molar-refractivity contribution in [3.05, 3.63) is 69.8 Å². The molecule has 0 aliphatic heterocycles. The van der Waals surface area contributed by atoms with Crippen LogP contribution in [-0.2, 0) is 0 Å². The summed E-state index contributed by atoms with van der Waals surface area (Å²) in [4.78, 5) is 2.05. The Morgan fingerprint density at radius 1 is 0.870 bits per heavy atom. The number of thiol groups is 1. The number of hydrogen-bond donors (Lipinski definition) is 1. The molecule has 4 heteroatoms. The summed E-state index contributed by atoms with van der Waals surface area (Å²) >= 11 is 6.72. The van der Waals surface area contributed by atoms with Gasteiger partial charge in [0.1, 0.15) is 0 Å². The second-order valence-corrected chi connectivity index (χ2v) is 8.06. The van der Waals surface area contributed by atoms with Crippen LogP contribution < -0.4 is 0 Å². The number of aryl methyl sites for hydroxylation is 1. The minimum absolute atomic E-state index is 0.981. The van der Waals surface area contributed by atoms with E-state index in [0.717, 1.165) is 9.79 Å². The molecule has 3 rings (SSSR count). The predicted octanol–water partition coefficient (Wildman–Crippen LogP) is 7.47. The summed E-state index contributed by atoms with van der Waals surface area (Å²) in [7, 11) is 7.08. The summed E-state index contributed by atoms with van der Waals surface area (Å²) < 4.78 is 1.21. The molecule has 0 aromatic heterocycles. The van der Waals surface area contributed by atoms with Crippen molar-refractivity contribution in [3.8, 4) is 22.3 Å². The second kappa shape index (κ2) is 7.51. The van der Waals surface area contributed by atoms with Crippen LogP contribution in [-0.4, -0.2) is 0 Å². The van der Waals surface area contributed by atoms with Crippen LogP contribution in [0.25, 0.3) is 22.3 Å². The average Bonchev–Trinajstić information content (AvgIpc) is 2.55. The van der Waals surface area contributed by atoms with Gasteiger partial charge in [0.25, 0.3) is 0 Å². The third-order valence-electron chi connectivity index (χ3n) is 3.75. The van der Waals surface area contributed by atoms with Gasteiger partial charge in [-0.15, -0.1) is 12.6 Å². The first kappa shape index (κ1) is 17.2. The van der Waals surface area contributed by atoms with Crippen LogP contribution in [0.15, 0.2) is 70.5 Å². The van der Waals surface area contributed by atoms with E-state index in [-0.39, 0.29) is 0 Å². The van der Waals surface area contributed by atoms with Gasteiger partial charge in [-0.3, -0.25) is 0 Å². The third-order valence-corrected chi connectivity index (χ3v) is 5.90. The molecule has 0 saturated heterocycles. The standard InChI is InChI=1S/C19H14ClIS2/c1-12-10-14(18-9-7-16(23-20)11-19(18)21)4-8-17(12)13-2-5-15(22)6-3-13/h2-11,22H,1H3. The van der Waals surface area contributed by atoms with Crippen LogP contribution in [0, 0.1) is 10.5 Å². The molecule has 0 aliphatic carbocycles. The fraction of sp³-hybridized carbons (Fsp3) is 0.0526. The average molecular weight is 469 g/mol. The van der Waals surface area contributed by atoms with Crippen molar-refractivity contribution in [2.75, 3.05) is 0 Å². The molecule has 0 spiro atoms. The molecular weight excluding hydrogens is 455 g/mol. The molecule has 0 amide bonds. The van der Waals surface area contributed by atoms with E-state index in [4.69, 9.17) is 10.7 Å². The molecule has 0 nitrogen and oxygen atoms in total. The number of rotatable bonds is 3. The maximum Gasteiger partial charge on any atom is 0.0244 e. The topological polar surface area (TPSA) is 0 Å². The highest BCUT2D eigenvalue weighted by atomic mass is 127. The molecule has 0 N–H and O–H groups in total. The van der Waals surface area contributed by atoms with Crippen LogP contribution in [0.5, 0.6) is 0 Å². The molecular formula is C19H14ClIS2. The summed E-state index contributed by atoms with van der Waals surface area (Å²) in [6, 6.07) is 21.2. The third kappa shape index (κ3) is 3.90. The lowest BCUT2D eigenvalue weighted by molar-refractivity contribution is 1.40. The maximum absolute atomic E-state index is 5.83. The van der Waals surface area contributed by atoms with Gasteiger partial charge in [0.2, 0.25) is 0 Å². The second-order valence-electron chi connectivity index (χ2n) is 5.30. The van der Waals surface area contributed by atoms with Crippen molar-refractivity contribution >= 4 is 56.9 Å². The van der Waals surface area contributed by atoms with Crippen LogP contribution in [0.4, 0.5) is 0 Å². The SMILES string of the molecule is Cc1cc(-c2ccc(SCl)cc2I)ccc1-c1ccc(S)cc1. The Morgan fingerprint density at radius 2 is 1.52 bits per heavy atom.